The van der Waals surface area contributed by atoms with E-state index >= 15 is 0 Å². The topological polar surface area (TPSA) is 60.5 Å². The van der Waals surface area contributed by atoms with Gasteiger partial charge in [-0.25, -0.2) is 4.98 Å². The molecule has 5 heteroatoms. The zero-order valence-corrected chi connectivity index (χ0v) is 13.3. The molecule has 0 saturated carbocycles. The minimum absolute atomic E-state index is 0.117. The molecule has 1 N–H and O–H groups in total. The third kappa shape index (κ3) is 3.75. The number of rotatable bonds is 5. The van der Waals surface area contributed by atoms with Crippen LogP contribution in [-0.2, 0) is 11.2 Å². The number of nitrogens with zero attached hydrogens (tertiary/aromatic N) is 1. The number of hydrogen-bond donors (Lipinski definition) is 1. The van der Waals surface area contributed by atoms with Gasteiger partial charge in [0.2, 0.25) is 5.91 Å². The number of benzene rings is 1. The molecule has 0 aliphatic rings. The summed E-state index contributed by atoms with van der Waals surface area (Å²) in [7, 11) is 3.17. The minimum Gasteiger partial charge on any atom is -0.493 e. The molecule has 0 atom stereocenters. The molecule has 0 unspecified atom stereocenters. The lowest BCUT2D eigenvalue weighted by Crippen LogP contribution is -2.16. The van der Waals surface area contributed by atoms with E-state index in [1.54, 1.807) is 20.3 Å². The molecule has 2 aromatic rings. The SMILES string of the molecule is COc1cc(C)c(CC(=O)Nc2cccc(C)n2)cc1OC. The first-order chi connectivity index (χ1) is 10.5. The second-order valence-corrected chi connectivity index (χ2v) is 5.02. The van der Waals surface area contributed by atoms with Gasteiger partial charge in [0.25, 0.3) is 0 Å². The Labute approximate surface area is 130 Å². The fraction of sp³-hybridized carbons (Fsp3) is 0.294. The predicted octanol–water partition coefficient (Wildman–Crippen LogP) is 2.90. The highest BCUT2D eigenvalue weighted by molar-refractivity contribution is 5.91. The highest BCUT2D eigenvalue weighted by Gasteiger charge is 2.12. The number of methoxy groups -OCH3 is 2. The molecule has 0 aliphatic heterocycles. The van der Waals surface area contributed by atoms with Crippen molar-refractivity contribution in [3.8, 4) is 11.5 Å². The van der Waals surface area contributed by atoms with Crippen molar-refractivity contribution >= 4 is 11.7 Å². The van der Waals surface area contributed by atoms with Gasteiger partial charge in [0, 0.05) is 5.69 Å². The summed E-state index contributed by atoms with van der Waals surface area (Å²) in [5.74, 6) is 1.71. The quantitative estimate of drug-likeness (QED) is 0.922. The lowest BCUT2D eigenvalue weighted by atomic mass is 10.0. The van der Waals surface area contributed by atoms with Crippen molar-refractivity contribution in [2.75, 3.05) is 19.5 Å². The summed E-state index contributed by atoms with van der Waals surface area (Å²) in [4.78, 5) is 16.4. The first kappa shape index (κ1) is 15.8. The molecule has 0 spiro atoms. The second-order valence-electron chi connectivity index (χ2n) is 5.02. The first-order valence-electron chi connectivity index (χ1n) is 6.98. The maximum absolute atomic E-state index is 12.2. The van der Waals surface area contributed by atoms with Gasteiger partial charge in [-0.3, -0.25) is 4.79 Å². The Bertz CT molecular complexity index is 684. The molecular weight excluding hydrogens is 280 g/mol. The summed E-state index contributed by atoms with van der Waals surface area (Å²) in [6.45, 7) is 3.82. The number of nitrogens with one attached hydrogen (secondary N) is 1. The number of pyridine rings is 1. The van der Waals surface area contributed by atoms with Crippen LogP contribution in [0.15, 0.2) is 30.3 Å². The van der Waals surface area contributed by atoms with Gasteiger partial charge in [-0.15, -0.1) is 0 Å². The average Bonchev–Trinajstić information content (AvgIpc) is 2.48. The number of aromatic nitrogens is 1. The van der Waals surface area contributed by atoms with Crippen LogP contribution in [0.3, 0.4) is 0 Å². The van der Waals surface area contributed by atoms with Crippen LogP contribution in [0, 0.1) is 13.8 Å². The number of carbonyl (C=O) groups is 1. The molecule has 1 aromatic heterocycles. The zero-order chi connectivity index (χ0) is 16.1. The fourth-order valence-corrected chi connectivity index (χ4v) is 2.19. The molecule has 22 heavy (non-hydrogen) atoms. The summed E-state index contributed by atoms with van der Waals surface area (Å²) < 4.78 is 10.5. The Kier molecular flexibility index (Phi) is 4.99. The highest BCUT2D eigenvalue weighted by Crippen LogP contribution is 2.30. The van der Waals surface area contributed by atoms with Crippen molar-refractivity contribution in [2.24, 2.45) is 0 Å². The van der Waals surface area contributed by atoms with Crippen molar-refractivity contribution in [3.63, 3.8) is 0 Å². The van der Waals surface area contributed by atoms with E-state index in [0.29, 0.717) is 17.3 Å². The maximum Gasteiger partial charge on any atom is 0.229 e. The van der Waals surface area contributed by atoms with Gasteiger partial charge in [0.05, 0.1) is 20.6 Å². The Hall–Kier alpha value is -2.56. The molecule has 2 rings (SSSR count). The molecule has 0 fully saturated rings. The van der Waals surface area contributed by atoms with E-state index in [0.717, 1.165) is 16.8 Å². The van der Waals surface area contributed by atoms with Crippen LogP contribution in [0.2, 0.25) is 0 Å². The third-order valence-corrected chi connectivity index (χ3v) is 3.35. The molecule has 0 saturated heterocycles. The molecule has 1 aromatic carbocycles. The minimum atomic E-state index is -0.117. The number of ether oxygens (including phenoxy) is 2. The molecule has 0 bridgehead atoms. The molecule has 1 heterocycles. The third-order valence-electron chi connectivity index (χ3n) is 3.35. The van der Waals surface area contributed by atoms with Gasteiger partial charge in [-0.05, 0) is 49.2 Å². The van der Waals surface area contributed by atoms with E-state index in [1.807, 2.05) is 38.1 Å². The summed E-state index contributed by atoms with van der Waals surface area (Å²) in [5, 5.41) is 2.80. The van der Waals surface area contributed by atoms with Gasteiger partial charge in [0.1, 0.15) is 5.82 Å². The summed E-state index contributed by atoms with van der Waals surface area (Å²) in [6, 6.07) is 9.21. The molecule has 0 aliphatic carbocycles. The molecule has 5 nitrogen and oxygen atoms in total. The van der Waals surface area contributed by atoms with Crippen molar-refractivity contribution in [3.05, 3.63) is 47.2 Å². The number of carbonyl (C=O) groups excluding carboxylic acids is 1. The van der Waals surface area contributed by atoms with E-state index in [-0.39, 0.29) is 12.3 Å². The van der Waals surface area contributed by atoms with Crippen molar-refractivity contribution in [1.82, 2.24) is 4.98 Å². The van der Waals surface area contributed by atoms with Crippen LogP contribution < -0.4 is 14.8 Å². The van der Waals surface area contributed by atoms with E-state index < -0.39 is 0 Å². The van der Waals surface area contributed by atoms with Crippen molar-refractivity contribution in [1.29, 1.82) is 0 Å². The molecule has 1 amide bonds. The Morgan fingerprint density at radius 3 is 2.45 bits per heavy atom. The molecule has 116 valence electrons. The standard InChI is InChI=1S/C17H20N2O3/c1-11-8-14(21-3)15(22-4)9-13(11)10-17(20)19-16-7-5-6-12(2)18-16/h5-9H,10H2,1-4H3,(H,18,19,20). The smallest absolute Gasteiger partial charge is 0.229 e. The number of amides is 1. The summed E-state index contributed by atoms with van der Waals surface area (Å²) in [5.41, 5.74) is 2.73. The van der Waals surface area contributed by atoms with Crippen molar-refractivity contribution in [2.45, 2.75) is 20.3 Å². The largest absolute Gasteiger partial charge is 0.493 e. The van der Waals surface area contributed by atoms with Gasteiger partial charge in [0.15, 0.2) is 11.5 Å². The van der Waals surface area contributed by atoms with Gasteiger partial charge in [-0.1, -0.05) is 6.07 Å². The number of aryl methyl sites for hydroxylation is 2. The van der Waals surface area contributed by atoms with Gasteiger partial charge >= 0.3 is 0 Å². The zero-order valence-electron chi connectivity index (χ0n) is 13.3. The summed E-state index contributed by atoms with van der Waals surface area (Å²) in [6.07, 6.45) is 0.252. The lowest BCUT2D eigenvalue weighted by Gasteiger charge is -2.12. The molecule has 0 radical (unpaired) electrons. The fourth-order valence-electron chi connectivity index (χ4n) is 2.19. The lowest BCUT2D eigenvalue weighted by molar-refractivity contribution is -0.115. The Morgan fingerprint density at radius 2 is 1.82 bits per heavy atom. The Morgan fingerprint density at radius 1 is 1.14 bits per heavy atom. The van der Waals surface area contributed by atoms with Gasteiger partial charge < -0.3 is 14.8 Å². The van der Waals surface area contributed by atoms with Crippen LogP contribution in [0.1, 0.15) is 16.8 Å². The van der Waals surface area contributed by atoms with Crippen LogP contribution in [0.4, 0.5) is 5.82 Å². The number of anilines is 1. The van der Waals surface area contributed by atoms with Crippen LogP contribution >= 0.6 is 0 Å². The average molecular weight is 300 g/mol. The molecular formula is C17H20N2O3. The van der Waals surface area contributed by atoms with E-state index in [2.05, 4.69) is 10.3 Å². The normalized spacial score (nSPS) is 10.2. The number of hydrogen-bond acceptors (Lipinski definition) is 4. The first-order valence-corrected chi connectivity index (χ1v) is 6.98. The van der Waals surface area contributed by atoms with Crippen LogP contribution in [0.5, 0.6) is 11.5 Å². The predicted molar refractivity (Wildman–Crippen MR) is 85.6 cm³/mol. The summed E-state index contributed by atoms with van der Waals surface area (Å²) >= 11 is 0. The van der Waals surface area contributed by atoms with Crippen LogP contribution in [0.25, 0.3) is 0 Å². The second kappa shape index (κ2) is 6.93. The van der Waals surface area contributed by atoms with Crippen LogP contribution in [-0.4, -0.2) is 25.1 Å². The Balaban J connectivity index is 2.14. The monoisotopic (exact) mass is 300 g/mol. The highest BCUT2D eigenvalue weighted by atomic mass is 16.5. The van der Waals surface area contributed by atoms with Crippen molar-refractivity contribution < 1.29 is 14.3 Å². The maximum atomic E-state index is 12.2. The van der Waals surface area contributed by atoms with E-state index in [9.17, 15) is 4.79 Å². The van der Waals surface area contributed by atoms with E-state index in [1.165, 1.54) is 0 Å². The van der Waals surface area contributed by atoms with Gasteiger partial charge in [-0.2, -0.15) is 0 Å². The van der Waals surface area contributed by atoms with E-state index in [4.69, 9.17) is 9.47 Å².